The third-order valence-corrected chi connectivity index (χ3v) is 5.96. The van der Waals surface area contributed by atoms with Gasteiger partial charge in [0.2, 0.25) is 0 Å². The predicted molar refractivity (Wildman–Crippen MR) is 106 cm³/mol. The first-order valence-electron chi connectivity index (χ1n) is 9.82. The number of hydrogen-bond donors (Lipinski definition) is 0. The van der Waals surface area contributed by atoms with Crippen molar-refractivity contribution in [3.63, 3.8) is 0 Å². The van der Waals surface area contributed by atoms with Gasteiger partial charge in [-0.2, -0.15) is 5.26 Å². The Hall–Kier alpha value is -2.64. The van der Waals surface area contributed by atoms with Crippen LogP contribution >= 0.6 is 0 Å². The molecule has 2 heterocycles. The minimum atomic E-state index is 0.107. The second kappa shape index (κ2) is 7.54. The van der Waals surface area contributed by atoms with Crippen LogP contribution in [-0.4, -0.2) is 47.4 Å². The fourth-order valence-electron chi connectivity index (χ4n) is 4.30. The Bertz CT molecular complexity index is 862. The number of carbonyl (C=O) groups excluding carboxylic acids is 1. The van der Waals surface area contributed by atoms with Crippen LogP contribution in [0.5, 0.6) is 0 Å². The molecule has 4 nitrogen and oxygen atoms in total. The van der Waals surface area contributed by atoms with Crippen molar-refractivity contribution in [2.24, 2.45) is 0 Å². The summed E-state index contributed by atoms with van der Waals surface area (Å²) in [7, 11) is 0. The van der Waals surface area contributed by atoms with Crippen molar-refractivity contribution in [2.45, 2.75) is 38.3 Å². The molecule has 2 saturated heterocycles. The molecule has 0 aromatic heterocycles. The lowest BCUT2D eigenvalue weighted by atomic mass is 9.96. The van der Waals surface area contributed by atoms with Gasteiger partial charge >= 0.3 is 0 Å². The Balaban J connectivity index is 1.41. The highest BCUT2D eigenvalue weighted by molar-refractivity contribution is 5.95. The van der Waals surface area contributed by atoms with Crippen molar-refractivity contribution in [2.75, 3.05) is 19.6 Å². The second-order valence-corrected chi connectivity index (χ2v) is 7.68. The van der Waals surface area contributed by atoms with Crippen molar-refractivity contribution in [3.05, 3.63) is 59.7 Å². The number of piperidine rings is 1. The lowest BCUT2D eigenvalue weighted by molar-refractivity contribution is 0.00213. The van der Waals surface area contributed by atoms with E-state index < -0.39 is 0 Å². The molecule has 2 aliphatic rings. The van der Waals surface area contributed by atoms with Gasteiger partial charge in [0.1, 0.15) is 0 Å². The molecular weight excluding hydrogens is 334 g/mol. The summed E-state index contributed by atoms with van der Waals surface area (Å²) in [5.74, 6) is 0.107. The lowest BCUT2D eigenvalue weighted by Crippen LogP contribution is -2.63. The van der Waals surface area contributed by atoms with Crippen LogP contribution in [0.3, 0.4) is 0 Å². The van der Waals surface area contributed by atoms with Gasteiger partial charge in [0, 0.05) is 30.7 Å². The summed E-state index contributed by atoms with van der Waals surface area (Å²) in [4.78, 5) is 17.3. The molecule has 0 unspecified atom stereocenters. The number of nitriles is 1. The van der Waals surface area contributed by atoms with Crippen LogP contribution in [-0.2, 0) is 0 Å². The van der Waals surface area contributed by atoms with Crippen molar-refractivity contribution >= 4 is 5.91 Å². The fourth-order valence-corrected chi connectivity index (χ4v) is 4.30. The topological polar surface area (TPSA) is 47.3 Å². The zero-order valence-electron chi connectivity index (χ0n) is 15.8. The maximum atomic E-state index is 12.8. The fraction of sp³-hybridized carbons (Fsp3) is 0.391. The molecule has 1 atom stereocenters. The minimum Gasteiger partial charge on any atom is -0.335 e. The maximum Gasteiger partial charge on any atom is 0.253 e. The summed E-state index contributed by atoms with van der Waals surface area (Å²) in [5, 5.41) is 9.27. The molecule has 1 amide bonds. The molecule has 27 heavy (non-hydrogen) atoms. The van der Waals surface area contributed by atoms with Crippen molar-refractivity contribution in [3.8, 4) is 17.2 Å². The van der Waals surface area contributed by atoms with Crippen molar-refractivity contribution in [1.29, 1.82) is 5.26 Å². The van der Waals surface area contributed by atoms with E-state index in [0.29, 0.717) is 17.6 Å². The molecule has 2 aromatic rings. The van der Waals surface area contributed by atoms with E-state index in [1.54, 1.807) is 0 Å². The zero-order valence-corrected chi connectivity index (χ0v) is 15.8. The average Bonchev–Trinajstić information content (AvgIpc) is 2.68. The number of likely N-dealkylation sites (tertiary alicyclic amines) is 2. The van der Waals surface area contributed by atoms with Gasteiger partial charge in [0.25, 0.3) is 5.91 Å². The van der Waals surface area contributed by atoms with E-state index >= 15 is 0 Å². The van der Waals surface area contributed by atoms with Crippen LogP contribution < -0.4 is 0 Å². The Morgan fingerprint density at radius 1 is 1.07 bits per heavy atom. The third kappa shape index (κ3) is 3.48. The summed E-state index contributed by atoms with van der Waals surface area (Å²) in [6, 6.07) is 18.6. The van der Waals surface area contributed by atoms with E-state index in [0.717, 1.165) is 29.8 Å². The van der Waals surface area contributed by atoms with Crippen molar-refractivity contribution in [1.82, 2.24) is 9.80 Å². The van der Waals surface area contributed by atoms with E-state index in [9.17, 15) is 10.1 Å². The number of rotatable bonds is 3. The largest absolute Gasteiger partial charge is 0.335 e. The van der Waals surface area contributed by atoms with Gasteiger partial charge in [-0.25, -0.2) is 0 Å². The first-order valence-corrected chi connectivity index (χ1v) is 9.82. The smallest absolute Gasteiger partial charge is 0.253 e. The van der Waals surface area contributed by atoms with Crippen LogP contribution in [0.15, 0.2) is 48.5 Å². The first kappa shape index (κ1) is 17.8. The van der Waals surface area contributed by atoms with E-state index in [2.05, 4.69) is 17.9 Å². The number of carbonyl (C=O) groups is 1. The summed E-state index contributed by atoms with van der Waals surface area (Å²) in [6.07, 6.45) is 3.88. The molecule has 0 radical (unpaired) electrons. The predicted octanol–water partition coefficient (Wildman–Crippen LogP) is 3.92. The molecule has 2 aliphatic heterocycles. The molecule has 138 valence electrons. The third-order valence-electron chi connectivity index (χ3n) is 5.96. The van der Waals surface area contributed by atoms with Gasteiger partial charge in [0.05, 0.1) is 11.6 Å². The first-order chi connectivity index (χ1) is 13.2. The number of amides is 1. The SMILES string of the molecule is C[C@@H]1CCCCN1C1CN(C(=O)c2ccc(-c3ccccc3C#N)cc2)C1. The van der Waals surface area contributed by atoms with Gasteiger partial charge in [-0.1, -0.05) is 36.8 Å². The number of benzene rings is 2. The number of nitrogens with zero attached hydrogens (tertiary/aromatic N) is 3. The van der Waals surface area contributed by atoms with Gasteiger partial charge in [-0.3, -0.25) is 9.69 Å². The molecule has 0 spiro atoms. The van der Waals surface area contributed by atoms with Gasteiger partial charge in [0.15, 0.2) is 0 Å². The second-order valence-electron chi connectivity index (χ2n) is 7.68. The molecule has 4 heteroatoms. The van der Waals surface area contributed by atoms with Crippen molar-refractivity contribution < 1.29 is 4.79 Å². The quantitative estimate of drug-likeness (QED) is 0.834. The Morgan fingerprint density at radius 2 is 1.81 bits per heavy atom. The maximum absolute atomic E-state index is 12.8. The molecule has 0 N–H and O–H groups in total. The zero-order chi connectivity index (χ0) is 18.8. The Morgan fingerprint density at radius 3 is 2.52 bits per heavy atom. The van der Waals surface area contributed by atoms with Gasteiger partial charge in [-0.15, -0.1) is 0 Å². The van der Waals surface area contributed by atoms with Gasteiger partial charge in [-0.05, 0) is 55.6 Å². The summed E-state index contributed by atoms with van der Waals surface area (Å²) >= 11 is 0. The minimum absolute atomic E-state index is 0.107. The summed E-state index contributed by atoms with van der Waals surface area (Å²) in [6.45, 7) is 5.15. The lowest BCUT2D eigenvalue weighted by Gasteiger charge is -2.49. The highest BCUT2D eigenvalue weighted by Gasteiger charge is 2.37. The van der Waals surface area contributed by atoms with E-state index in [4.69, 9.17) is 0 Å². The van der Waals surface area contributed by atoms with E-state index in [-0.39, 0.29) is 5.91 Å². The van der Waals surface area contributed by atoms with Crippen LogP contribution in [0, 0.1) is 11.3 Å². The molecule has 0 aliphatic carbocycles. The molecule has 2 fully saturated rings. The summed E-state index contributed by atoms with van der Waals surface area (Å²) in [5.41, 5.74) is 3.24. The van der Waals surface area contributed by atoms with Crippen LogP contribution in [0.1, 0.15) is 42.1 Å². The summed E-state index contributed by atoms with van der Waals surface area (Å²) < 4.78 is 0. The molecular formula is C23H25N3O. The molecule has 2 aromatic carbocycles. The highest BCUT2D eigenvalue weighted by Crippen LogP contribution is 2.27. The average molecular weight is 359 g/mol. The number of hydrogen-bond acceptors (Lipinski definition) is 3. The normalized spacial score (nSPS) is 20.7. The van der Waals surface area contributed by atoms with E-state index in [1.807, 2.05) is 53.4 Å². The highest BCUT2D eigenvalue weighted by atomic mass is 16.2. The van der Waals surface area contributed by atoms with Crippen LogP contribution in [0.2, 0.25) is 0 Å². The molecule has 0 bridgehead atoms. The van der Waals surface area contributed by atoms with Crippen LogP contribution in [0.25, 0.3) is 11.1 Å². The van der Waals surface area contributed by atoms with Crippen LogP contribution in [0.4, 0.5) is 0 Å². The molecule has 4 rings (SSSR count). The Kier molecular flexibility index (Phi) is 4.96. The molecule has 0 saturated carbocycles. The van der Waals surface area contributed by atoms with Gasteiger partial charge < -0.3 is 4.90 Å². The van der Waals surface area contributed by atoms with E-state index in [1.165, 1.54) is 25.8 Å². The standard InChI is InChI=1S/C23H25N3O/c1-17-6-4-5-13-26(17)21-15-25(16-21)23(27)19-11-9-18(10-12-19)22-8-3-2-7-20(22)14-24/h2-3,7-12,17,21H,4-6,13,15-16H2,1H3/t17-/m1/s1. The Labute approximate surface area is 161 Å². The monoisotopic (exact) mass is 359 g/mol.